The number of carbonyl (C=O) groups excluding carboxylic acids is 2. The first-order chi connectivity index (χ1) is 17.4. The molecule has 0 unspecified atom stereocenters. The number of amides is 2. The van der Waals surface area contributed by atoms with Gasteiger partial charge in [-0.15, -0.1) is 0 Å². The number of aryl methyl sites for hydroxylation is 1. The number of nitrogens with one attached hydrogen (secondary N) is 2. The number of halogens is 5. The monoisotopic (exact) mass is 542 g/mol. The lowest BCUT2D eigenvalue weighted by atomic mass is 10.1. The minimum absolute atomic E-state index is 0.00615. The van der Waals surface area contributed by atoms with Crippen LogP contribution in [0.5, 0.6) is 5.75 Å². The number of benzene rings is 2. The fourth-order valence-electron chi connectivity index (χ4n) is 2.93. The highest BCUT2D eigenvalue weighted by Gasteiger charge is 2.30. The van der Waals surface area contributed by atoms with Crippen molar-refractivity contribution in [2.24, 2.45) is 0 Å². The molecule has 2 amide bonds. The number of allylic oxidation sites excluding steroid dienone is 1. The number of hydrogen-bond acceptors (Lipinski definition) is 5. The molecule has 3 rings (SSSR count). The average Bonchev–Trinajstić information content (AvgIpc) is 2.83. The van der Waals surface area contributed by atoms with Crippen molar-refractivity contribution in [3.05, 3.63) is 86.6 Å². The Hall–Kier alpha value is -3.86. The predicted octanol–water partition coefficient (Wildman–Crippen LogP) is 5.13. The third-order valence-corrected chi connectivity index (χ3v) is 5.06. The summed E-state index contributed by atoms with van der Waals surface area (Å²) in [4.78, 5) is 33.2. The molecule has 2 aromatic carbocycles. The Bertz CT molecular complexity index is 1340. The summed E-state index contributed by atoms with van der Waals surface area (Å²) in [6.45, 7) is 3.43. The van der Waals surface area contributed by atoms with E-state index in [9.17, 15) is 31.9 Å². The summed E-state index contributed by atoms with van der Waals surface area (Å²) in [7, 11) is 0. The van der Waals surface area contributed by atoms with Crippen LogP contribution in [0.15, 0.2) is 63.4 Å². The normalized spacial score (nSPS) is 11.4. The molecule has 12 heteroatoms. The zero-order valence-electron chi connectivity index (χ0n) is 19.7. The fourth-order valence-corrected chi connectivity index (χ4v) is 3.05. The van der Waals surface area contributed by atoms with E-state index in [1.54, 1.807) is 13.0 Å². The van der Waals surface area contributed by atoms with E-state index in [1.807, 2.05) is 0 Å². The van der Waals surface area contributed by atoms with Gasteiger partial charge < -0.3 is 19.8 Å². The first-order valence-corrected chi connectivity index (χ1v) is 11.1. The summed E-state index contributed by atoms with van der Waals surface area (Å²) in [5.74, 6) is -0.431. The third-order valence-electron chi connectivity index (χ3n) is 4.75. The third kappa shape index (κ3) is 9.26. The maximum atomic E-state index is 13.2. The highest BCUT2D eigenvalue weighted by molar-refractivity contribution is 6.30. The molecule has 0 spiro atoms. The second-order valence-electron chi connectivity index (χ2n) is 7.47. The van der Waals surface area contributed by atoms with E-state index in [0.29, 0.717) is 25.1 Å². The fraction of sp³-hybridized carbons (Fsp3) is 0.240. The number of rotatable bonds is 8. The van der Waals surface area contributed by atoms with Crippen molar-refractivity contribution < 1.29 is 36.3 Å². The topological polar surface area (TPSA) is 97.6 Å². The summed E-state index contributed by atoms with van der Waals surface area (Å²) in [5.41, 5.74) is -0.493. The summed E-state index contributed by atoms with van der Waals surface area (Å²) >= 11 is 5.54. The van der Waals surface area contributed by atoms with Crippen molar-refractivity contribution in [1.29, 1.82) is 0 Å². The number of carbonyl (C=O) groups is 2. The minimum Gasteiger partial charge on any atom is -0.484 e. The molecule has 1 aromatic heterocycles. The van der Waals surface area contributed by atoms with Crippen LogP contribution in [0.2, 0.25) is 5.02 Å². The molecule has 7 nitrogen and oxygen atoms in total. The molecule has 0 bridgehead atoms. The van der Waals surface area contributed by atoms with E-state index in [1.165, 1.54) is 25.1 Å². The summed E-state index contributed by atoms with van der Waals surface area (Å²) in [6, 6.07) is 8.02. The maximum Gasteiger partial charge on any atom is 0.416 e. The number of alkyl halides is 3. The van der Waals surface area contributed by atoms with E-state index in [4.69, 9.17) is 20.8 Å². The highest BCUT2D eigenvalue weighted by atomic mass is 35.5. The number of ether oxygens (including phenoxy) is 1. The summed E-state index contributed by atoms with van der Waals surface area (Å²) in [6.07, 6.45) is -1.62. The molecule has 0 aliphatic heterocycles. The molecule has 0 radical (unpaired) electrons. The maximum absolute atomic E-state index is 13.2. The molecule has 0 saturated carbocycles. The number of hydrogen-bond donors (Lipinski definition) is 2. The van der Waals surface area contributed by atoms with Gasteiger partial charge in [0, 0.05) is 30.8 Å². The zero-order chi connectivity index (χ0) is 27.6. The van der Waals surface area contributed by atoms with Crippen LogP contribution in [-0.4, -0.2) is 25.5 Å². The Morgan fingerprint density at radius 3 is 2.51 bits per heavy atom. The molecule has 198 valence electrons. The van der Waals surface area contributed by atoms with Crippen molar-refractivity contribution in [1.82, 2.24) is 10.6 Å². The molecule has 0 fully saturated rings. The smallest absolute Gasteiger partial charge is 0.416 e. The Morgan fingerprint density at radius 1 is 1.16 bits per heavy atom. The van der Waals surface area contributed by atoms with Crippen LogP contribution in [-0.2, 0) is 15.8 Å². The Morgan fingerprint density at radius 2 is 1.89 bits per heavy atom. The molecule has 0 saturated heterocycles. The average molecular weight is 543 g/mol. The van der Waals surface area contributed by atoms with Gasteiger partial charge in [0.2, 0.25) is 6.41 Å². The first kappa shape index (κ1) is 29.4. The van der Waals surface area contributed by atoms with E-state index in [2.05, 4.69) is 10.6 Å². The van der Waals surface area contributed by atoms with Gasteiger partial charge in [-0.25, -0.2) is 4.39 Å². The van der Waals surface area contributed by atoms with Gasteiger partial charge in [0.25, 0.3) is 5.91 Å². The van der Waals surface area contributed by atoms with Crippen molar-refractivity contribution in [2.45, 2.75) is 26.4 Å². The second kappa shape index (κ2) is 13.4. The summed E-state index contributed by atoms with van der Waals surface area (Å²) in [5, 5.41) is 5.29. The van der Waals surface area contributed by atoms with E-state index >= 15 is 0 Å². The second-order valence-corrected chi connectivity index (χ2v) is 7.88. The molecule has 3 aromatic rings. The lowest BCUT2D eigenvalue weighted by Gasteiger charge is -2.09. The molecular weight excluding hydrogens is 520 g/mol. The van der Waals surface area contributed by atoms with Crippen LogP contribution in [0.3, 0.4) is 0 Å². The zero-order valence-corrected chi connectivity index (χ0v) is 20.5. The van der Waals surface area contributed by atoms with Crippen LogP contribution in [0.1, 0.15) is 24.7 Å². The van der Waals surface area contributed by atoms with Gasteiger partial charge in [0.1, 0.15) is 22.9 Å². The summed E-state index contributed by atoms with van der Waals surface area (Å²) < 4.78 is 60.6. The minimum atomic E-state index is -4.43. The SMILES string of the molecule is C/C=C(\CCNC(=O)COc1ccc(Cl)c(F)c1)NC=O.Cc1cc(=O)c2ccc(C(F)(F)F)cc2o1. The van der Waals surface area contributed by atoms with Crippen LogP contribution >= 0.6 is 11.6 Å². The van der Waals surface area contributed by atoms with Gasteiger partial charge in [-0.3, -0.25) is 14.4 Å². The van der Waals surface area contributed by atoms with Gasteiger partial charge in [-0.2, -0.15) is 13.2 Å². The molecular formula is C25H23ClF4N2O5. The highest BCUT2D eigenvalue weighted by Crippen LogP contribution is 2.30. The van der Waals surface area contributed by atoms with E-state index < -0.39 is 17.6 Å². The van der Waals surface area contributed by atoms with Crippen molar-refractivity contribution >= 4 is 34.9 Å². The quantitative estimate of drug-likeness (QED) is 0.304. The molecule has 0 aliphatic carbocycles. The van der Waals surface area contributed by atoms with Crippen LogP contribution in [0, 0.1) is 12.7 Å². The van der Waals surface area contributed by atoms with Gasteiger partial charge in [0.15, 0.2) is 12.0 Å². The molecule has 0 aliphatic rings. The number of fused-ring (bicyclic) bond motifs is 1. The van der Waals surface area contributed by atoms with E-state index in [-0.39, 0.29) is 45.4 Å². The largest absolute Gasteiger partial charge is 0.484 e. The van der Waals surface area contributed by atoms with Gasteiger partial charge >= 0.3 is 6.18 Å². The van der Waals surface area contributed by atoms with Crippen molar-refractivity contribution in [3.8, 4) is 5.75 Å². The molecule has 37 heavy (non-hydrogen) atoms. The Kier molecular flexibility index (Phi) is 10.7. The molecule has 2 N–H and O–H groups in total. The van der Waals surface area contributed by atoms with Gasteiger partial charge in [-0.05, 0) is 44.2 Å². The van der Waals surface area contributed by atoms with Crippen LogP contribution < -0.4 is 20.8 Å². The van der Waals surface area contributed by atoms with Crippen molar-refractivity contribution in [2.75, 3.05) is 13.2 Å². The van der Waals surface area contributed by atoms with Gasteiger partial charge in [0.05, 0.1) is 16.0 Å². The lowest BCUT2D eigenvalue weighted by molar-refractivity contribution is -0.137. The first-order valence-electron chi connectivity index (χ1n) is 10.8. The molecule has 1 heterocycles. The van der Waals surface area contributed by atoms with Crippen molar-refractivity contribution in [3.63, 3.8) is 0 Å². The van der Waals surface area contributed by atoms with Crippen LogP contribution in [0.25, 0.3) is 11.0 Å². The Balaban J connectivity index is 0.000000269. The lowest BCUT2D eigenvalue weighted by Crippen LogP contribution is -2.30. The van der Waals surface area contributed by atoms with E-state index in [0.717, 1.165) is 24.3 Å². The Labute approximate surface area is 214 Å². The molecule has 0 atom stereocenters. The standard InChI is InChI=1S/C14H16ClFN2O3.C11H7F3O2/c1-2-10(18-9-19)5-6-17-14(20)8-21-11-3-4-12(15)13(16)7-11;1-6-4-9(15)8-3-2-7(11(12,13)14)5-10(8)16-6/h2-4,7,9H,5-6,8H2,1H3,(H,17,20)(H,18,19);2-5H,1H3/b10-2+;. The van der Waals surface area contributed by atoms with Gasteiger partial charge in [-0.1, -0.05) is 17.7 Å². The predicted molar refractivity (Wildman–Crippen MR) is 130 cm³/mol. The van der Waals surface area contributed by atoms with Crippen LogP contribution in [0.4, 0.5) is 17.6 Å².